The number of hydrogen-bond donors (Lipinski definition) is 0. The van der Waals surface area contributed by atoms with Gasteiger partial charge in [0, 0.05) is 5.56 Å². The number of halogens is 3. The van der Waals surface area contributed by atoms with Crippen molar-refractivity contribution >= 4 is 5.78 Å². The Balaban J connectivity index is 2.30. The van der Waals surface area contributed by atoms with Crippen molar-refractivity contribution < 1.29 is 22.7 Å². The minimum Gasteiger partial charge on any atom is -0.497 e. The highest BCUT2D eigenvalue weighted by Gasteiger charge is 2.39. The molecule has 0 saturated carbocycles. The fourth-order valence-corrected chi connectivity index (χ4v) is 1.78. The van der Waals surface area contributed by atoms with Gasteiger partial charge < -0.3 is 4.74 Å². The van der Waals surface area contributed by atoms with E-state index >= 15 is 0 Å². The first-order valence-electron chi connectivity index (χ1n) is 5.78. The van der Waals surface area contributed by atoms with Crippen molar-refractivity contribution in [2.24, 2.45) is 0 Å². The van der Waals surface area contributed by atoms with E-state index in [9.17, 15) is 18.0 Å². The number of Topliss-reactive ketones (excluding diaryl/α,β-unsaturated/α-hetero) is 1. The van der Waals surface area contributed by atoms with E-state index in [0.717, 1.165) is 5.56 Å². The lowest BCUT2D eigenvalue weighted by Gasteiger charge is -2.07. The molecule has 20 heavy (non-hydrogen) atoms. The van der Waals surface area contributed by atoms with E-state index in [1.807, 2.05) is 6.07 Å². The van der Waals surface area contributed by atoms with Gasteiger partial charge in [0.2, 0.25) is 0 Å². The normalized spacial score (nSPS) is 11.2. The van der Waals surface area contributed by atoms with Crippen LogP contribution in [0, 0.1) is 0 Å². The first-order chi connectivity index (χ1) is 9.41. The summed E-state index contributed by atoms with van der Waals surface area (Å²) in [5, 5.41) is 0. The van der Waals surface area contributed by atoms with E-state index < -0.39 is 12.0 Å². The molecule has 0 atom stereocenters. The van der Waals surface area contributed by atoms with Gasteiger partial charge >= 0.3 is 6.18 Å². The number of carbonyl (C=O) groups is 1. The van der Waals surface area contributed by atoms with Gasteiger partial charge in [0.05, 0.1) is 7.11 Å². The summed E-state index contributed by atoms with van der Waals surface area (Å²) >= 11 is 0. The minimum atomic E-state index is -4.85. The number of carbonyl (C=O) groups excluding carboxylic acids is 1. The van der Waals surface area contributed by atoms with Crippen LogP contribution in [0.2, 0.25) is 0 Å². The van der Waals surface area contributed by atoms with E-state index in [2.05, 4.69) is 0 Å². The molecule has 0 N–H and O–H groups in total. The number of alkyl halides is 3. The molecule has 0 bridgehead atoms. The summed E-state index contributed by atoms with van der Waals surface area (Å²) in [6, 6.07) is 12.4. The second kappa shape index (κ2) is 5.36. The third-order valence-electron chi connectivity index (χ3n) is 2.81. The Bertz CT molecular complexity index is 616. The zero-order valence-corrected chi connectivity index (χ0v) is 10.6. The van der Waals surface area contributed by atoms with Crippen LogP contribution in [0.1, 0.15) is 10.4 Å². The maximum absolute atomic E-state index is 12.3. The van der Waals surface area contributed by atoms with Crippen molar-refractivity contribution in [3.8, 4) is 16.9 Å². The second-order valence-electron chi connectivity index (χ2n) is 4.14. The van der Waals surface area contributed by atoms with Crippen LogP contribution in [0.4, 0.5) is 13.2 Å². The van der Waals surface area contributed by atoms with Crippen molar-refractivity contribution in [3.63, 3.8) is 0 Å². The predicted octanol–water partition coefficient (Wildman–Crippen LogP) is 4.11. The third kappa shape index (κ3) is 2.99. The minimum absolute atomic E-state index is 0.371. The number of ether oxygens (including phenoxy) is 1. The average molecular weight is 280 g/mol. The summed E-state index contributed by atoms with van der Waals surface area (Å²) in [7, 11) is 1.53. The van der Waals surface area contributed by atoms with Crippen molar-refractivity contribution in [1.29, 1.82) is 0 Å². The van der Waals surface area contributed by atoms with Crippen LogP contribution in [-0.4, -0.2) is 19.1 Å². The molecule has 2 aromatic rings. The molecular formula is C15H11F3O2. The van der Waals surface area contributed by atoms with E-state index in [1.54, 1.807) is 18.2 Å². The maximum atomic E-state index is 12.3. The molecule has 2 nitrogen and oxygen atoms in total. The second-order valence-corrected chi connectivity index (χ2v) is 4.14. The lowest BCUT2D eigenvalue weighted by molar-refractivity contribution is -0.0885. The quantitative estimate of drug-likeness (QED) is 0.791. The molecule has 0 saturated heterocycles. The van der Waals surface area contributed by atoms with Crippen molar-refractivity contribution in [2.75, 3.05) is 7.11 Å². The van der Waals surface area contributed by atoms with Crippen LogP contribution < -0.4 is 4.74 Å². The van der Waals surface area contributed by atoms with Gasteiger partial charge in [-0.15, -0.1) is 0 Å². The number of hydrogen-bond acceptors (Lipinski definition) is 2. The highest BCUT2D eigenvalue weighted by molar-refractivity contribution is 6.00. The number of ketones is 1. The zero-order chi connectivity index (χ0) is 14.8. The SMILES string of the molecule is COc1cccc(-c2ccc(C(=O)C(F)(F)F)cc2)c1. The molecule has 0 aromatic heterocycles. The van der Waals surface area contributed by atoms with Crippen LogP contribution in [0.15, 0.2) is 48.5 Å². The van der Waals surface area contributed by atoms with Crippen LogP contribution >= 0.6 is 0 Å². The van der Waals surface area contributed by atoms with Gasteiger partial charge in [-0.1, -0.05) is 36.4 Å². The maximum Gasteiger partial charge on any atom is 0.454 e. The lowest BCUT2D eigenvalue weighted by atomic mass is 10.0. The van der Waals surface area contributed by atoms with E-state index in [4.69, 9.17) is 4.74 Å². The largest absolute Gasteiger partial charge is 0.497 e. The van der Waals surface area contributed by atoms with Gasteiger partial charge in [-0.2, -0.15) is 13.2 Å². The first-order valence-corrected chi connectivity index (χ1v) is 5.78. The Labute approximate surface area is 113 Å². The van der Waals surface area contributed by atoms with Crippen molar-refractivity contribution in [1.82, 2.24) is 0 Å². The van der Waals surface area contributed by atoms with Gasteiger partial charge in [-0.3, -0.25) is 4.79 Å². The predicted molar refractivity (Wildman–Crippen MR) is 68.8 cm³/mol. The Kier molecular flexibility index (Phi) is 3.79. The van der Waals surface area contributed by atoms with Crippen LogP contribution in [0.3, 0.4) is 0 Å². The summed E-state index contributed by atoms with van der Waals surface area (Å²) in [6.07, 6.45) is -4.85. The van der Waals surface area contributed by atoms with Gasteiger partial charge in [0.15, 0.2) is 0 Å². The molecule has 0 aliphatic rings. The third-order valence-corrected chi connectivity index (χ3v) is 2.81. The smallest absolute Gasteiger partial charge is 0.454 e. The fourth-order valence-electron chi connectivity index (χ4n) is 1.78. The van der Waals surface area contributed by atoms with E-state index in [1.165, 1.54) is 31.4 Å². The van der Waals surface area contributed by atoms with Crippen LogP contribution in [-0.2, 0) is 0 Å². The summed E-state index contributed by atoms with van der Waals surface area (Å²) in [5.41, 5.74) is 1.14. The zero-order valence-electron chi connectivity index (χ0n) is 10.6. The Hall–Kier alpha value is -2.30. The standard InChI is InChI=1S/C15H11F3O2/c1-20-13-4-2-3-12(9-13)10-5-7-11(8-6-10)14(19)15(16,17)18/h2-9H,1H3. The van der Waals surface area contributed by atoms with Gasteiger partial charge in [-0.05, 0) is 23.3 Å². The molecule has 0 fully saturated rings. The van der Waals surface area contributed by atoms with E-state index in [0.29, 0.717) is 11.3 Å². The molecule has 0 spiro atoms. The Morgan fingerprint density at radius 2 is 1.65 bits per heavy atom. The highest BCUT2D eigenvalue weighted by atomic mass is 19.4. The molecule has 0 radical (unpaired) electrons. The topological polar surface area (TPSA) is 26.3 Å². The van der Waals surface area contributed by atoms with Crippen LogP contribution in [0.5, 0.6) is 5.75 Å². The first kappa shape index (κ1) is 14.1. The summed E-state index contributed by atoms with van der Waals surface area (Å²) in [4.78, 5) is 11.1. The number of methoxy groups -OCH3 is 1. The van der Waals surface area contributed by atoms with Gasteiger partial charge in [0.1, 0.15) is 5.75 Å². The molecule has 2 aromatic carbocycles. The lowest BCUT2D eigenvalue weighted by Crippen LogP contribution is -2.22. The molecule has 5 heteroatoms. The average Bonchev–Trinajstić information content (AvgIpc) is 2.46. The number of benzene rings is 2. The summed E-state index contributed by atoms with van der Waals surface area (Å²) < 4.78 is 42.0. The van der Waals surface area contributed by atoms with Crippen molar-refractivity contribution in [3.05, 3.63) is 54.1 Å². The molecule has 0 aliphatic heterocycles. The summed E-state index contributed by atoms with van der Waals surface area (Å²) in [6.45, 7) is 0. The number of rotatable bonds is 3. The fraction of sp³-hybridized carbons (Fsp3) is 0.133. The molecule has 0 amide bonds. The molecule has 0 aliphatic carbocycles. The Morgan fingerprint density at radius 1 is 1.00 bits per heavy atom. The molecule has 104 valence electrons. The van der Waals surface area contributed by atoms with Gasteiger partial charge in [-0.25, -0.2) is 0 Å². The van der Waals surface area contributed by atoms with E-state index in [-0.39, 0.29) is 5.56 Å². The molecular weight excluding hydrogens is 269 g/mol. The van der Waals surface area contributed by atoms with Crippen molar-refractivity contribution in [2.45, 2.75) is 6.18 Å². The monoisotopic (exact) mass is 280 g/mol. The van der Waals surface area contributed by atoms with Gasteiger partial charge in [0.25, 0.3) is 5.78 Å². The Morgan fingerprint density at radius 3 is 2.20 bits per heavy atom. The summed E-state index contributed by atoms with van der Waals surface area (Å²) in [5.74, 6) is -1.19. The molecule has 2 rings (SSSR count). The molecule has 0 heterocycles. The van der Waals surface area contributed by atoms with Crippen LogP contribution in [0.25, 0.3) is 11.1 Å². The molecule has 0 unspecified atom stereocenters. The highest BCUT2D eigenvalue weighted by Crippen LogP contribution is 2.26.